The third-order valence-corrected chi connectivity index (χ3v) is 2.59. The molecule has 15 heavy (non-hydrogen) atoms. The number of nitrogens with two attached hydrogens (primary N) is 1. The Morgan fingerprint density at radius 2 is 2.07 bits per heavy atom. The molecule has 84 valence electrons. The van der Waals surface area contributed by atoms with Crippen LogP contribution in [-0.2, 0) is 13.1 Å². The Kier molecular flexibility index (Phi) is 4.65. The topological polar surface area (TPSA) is 42.2 Å². The summed E-state index contributed by atoms with van der Waals surface area (Å²) >= 11 is 0. The third-order valence-electron chi connectivity index (χ3n) is 2.59. The van der Waals surface area contributed by atoms with Crippen molar-refractivity contribution in [2.24, 2.45) is 5.73 Å². The maximum atomic E-state index is 13.3. The zero-order valence-corrected chi connectivity index (χ0v) is 9.33. The molecule has 3 nitrogen and oxygen atoms in total. The van der Waals surface area contributed by atoms with E-state index in [1.165, 1.54) is 6.20 Å². The first-order valence-corrected chi connectivity index (χ1v) is 5.27. The van der Waals surface area contributed by atoms with Crippen molar-refractivity contribution in [2.45, 2.75) is 26.9 Å². The van der Waals surface area contributed by atoms with Crippen molar-refractivity contribution in [3.63, 3.8) is 0 Å². The second kappa shape index (κ2) is 5.78. The highest BCUT2D eigenvalue weighted by molar-refractivity contribution is 5.24. The average Bonchev–Trinajstić information content (AvgIpc) is 2.26. The second-order valence-corrected chi connectivity index (χ2v) is 3.40. The van der Waals surface area contributed by atoms with Crippen molar-refractivity contribution in [1.82, 2.24) is 9.88 Å². The molecule has 0 saturated carbocycles. The molecule has 0 amide bonds. The normalized spacial score (nSPS) is 11.0. The molecule has 1 aromatic heterocycles. The number of halogens is 1. The first kappa shape index (κ1) is 12.1. The van der Waals surface area contributed by atoms with Crippen LogP contribution in [0.4, 0.5) is 4.39 Å². The van der Waals surface area contributed by atoms with Crippen molar-refractivity contribution >= 4 is 0 Å². The molecular formula is C11H18FN3. The lowest BCUT2D eigenvalue weighted by Gasteiger charge is -2.19. The summed E-state index contributed by atoms with van der Waals surface area (Å²) in [5.41, 5.74) is 6.98. The van der Waals surface area contributed by atoms with Crippen LogP contribution >= 0.6 is 0 Å². The SMILES string of the molecule is CCN(CC)Cc1ccnc(F)c1CN. The fourth-order valence-corrected chi connectivity index (χ4v) is 1.56. The fourth-order valence-electron chi connectivity index (χ4n) is 1.56. The Morgan fingerprint density at radius 3 is 2.60 bits per heavy atom. The summed E-state index contributed by atoms with van der Waals surface area (Å²) < 4.78 is 13.3. The average molecular weight is 211 g/mol. The van der Waals surface area contributed by atoms with Gasteiger partial charge in [0.05, 0.1) is 0 Å². The van der Waals surface area contributed by atoms with Gasteiger partial charge in [-0.2, -0.15) is 4.39 Å². The summed E-state index contributed by atoms with van der Waals surface area (Å²) in [5.74, 6) is -0.442. The number of rotatable bonds is 5. The molecule has 0 unspecified atom stereocenters. The molecule has 0 aliphatic heterocycles. The van der Waals surface area contributed by atoms with Gasteiger partial charge < -0.3 is 5.73 Å². The van der Waals surface area contributed by atoms with Crippen molar-refractivity contribution in [1.29, 1.82) is 0 Å². The van der Waals surface area contributed by atoms with E-state index in [0.717, 1.165) is 25.2 Å². The summed E-state index contributed by atoms with van der Waals surface area (Å²) in [6.45, 7) is 7.01. The van der Waals surface area contributed by atoms with E-state index >= 15 is 0 Å². The van der Waals surface area contributed by atoms with Gasteiger partial charge in [0.15, 0.2) is 0 Å². The Hall–Kier alpha value is -1.00. The highest BCUT2D eigenvalue weighted by atomic mass is 19.1. The van der Waals surface area contributed by atoms with Crippen LogP contribution in [0.15, 0.2) is 12.3 Å². The molecule has 0 atom stereocenters. The number of aromatic nitrogens is 1. The number of hydrogen-bond acceptors (Lipinski definition) is 3. The predicted molar refractivity (Wildman–Crippen MR) is 58.7 cm³/mol. The molecule has 1 heterocycles. The zero-order chi connectivity index (χ0) is 11.3. The van der Waals surface area contributed by atoms with Crippen molar-refractivity contribution in [2.75, 3.05) is 13.1 Å². The maximum Gasteiger partial charge on any atom is 0.217 e. The van der Waals surface area contributed by atoms with Gasteiger partial charge in [0.25, 0.3) is 0 Å². The maximum absolute atomic E-state index is 13.3. The standard InChI is InChI=1S/C11H18FN3/c1-3-15(4-2)8-9-5-6-14-11(12)10(9)7-13/h5-6H,3-4,7-8,13H2,1-2H3. The van der Waals surface area contributed by atoms with Crippen LogP contribution in [0.5, 0.6) is 0 Å². The molecule has 0 fully saturated rings. The van der Waals surface area contributed by atoms with Crippen molar-refractivity contribution < 1.29 is 4.39 Å². The van der Waals surface area contributed by atoms with Crippen LogP contribution in [0.1, 0.15) is 25.0 Å². The lowest BCUT2D eigenvalue weighted by molar-refractivity contribution is 0.294. The Morgan fingerprint density at radius 1 is 1.40 bits per heavy atom. The third kappa shape index (κ3) is 2.97. The van der Waals surface area contributed by atoms with E-state index < -0.39 is 5.95 Å². The predicted octanol–water partition coefficient (Wildman–Crippen LogP) is 1.52. The van der Waals surface area contributed by atoms with Gasteiger partial charge in [0.2, 0.25) is 5.95 Å². The van der Waals surface area contributed by atoms with Gasteiger partial charge in [-0.1, -0.05) is 13.8 Å². The molecule has 4 heteroatoms. The van der Waals surface area contributed by atoms with Gasteiger partial charge in [-0.05, 0) is 24.7 Å². The van der Waals surface area contributed by atoms with Crippen LogP contribution in [0, 0.1) is 5.95 Å². The highest BCUT2D eigenvalue weighted by Gasteiger charge is 2.10. The molecule has 1 rings (SSSR count). The van der Waals surface area contributed by atoms with Crippen LogP contribution in [-0.4, -0.2) is 23.0 Å². The molecule has 0 saturated heterocycles. The van der Waals surface area contributed by atoms with Gasteiger partial charge in [0, 0.05) is 24.8 Å². The summed E-state index contributed by atoms with van der Waals surface area (Å²) in [6.07, 6.45) is 1.49. The van der Waals surface area contributed by atoms with Crippen LogP contribution in [0.3, 0.4) is 0 Å². The molecule has 0 aliphatic rings. The second-order valence-electron chi connectivity index (χ2n) is 3.40. The monoisotopic (exact) mass is 211 g/mol. The molecule has 0 aliphatic carbocycles. The van der Waals surface area contributed by atoms with Crippen molar-refractivity contribution in [3.05, 3.63) is 29.3 Å². The van der Waals surface area contributed by atoms with Gasteiger partial charge in [-0.15, -0.1) is 0 Å². The molecule has 0 radical (unpaired) electrons. The Labute approximate surface area is 90.1 Å². The molecular weight excluding hydrogens is 193 g/mol. The smallest absolute Gasteiger partial charge is 0.217 e. The van der Waals surface area contributed by atoms with E-state index in [0.29, 0.717) is 5.56 Å². The van der Waals surface area contributed by atoms with Crippen LogP contribution in [0.25, 0.3) is 0 Å². The minimum absolute atomic E-state index is 0.205. The summed E-state index contributed by atoms with van der Waals surface area (Å²) in [5, 5.41) is 0. The van der Waals surface area contributed by atoms with Crippen LogP contribution in [0.2, 0.25) is 0 Å². The quantitative estimate of drug-likeness (QED) is 0.751. The van der Waals surface area contributed by atoms with E-state index in [4.69, 9.17) is 5.73 Å². The molecule has 0 aromatic carbocycles. The van der Waals surface area contributed by atoms with Gasteiger partial charge in [-0.3, -0.25) is 4.90 Å². The summed E-state index contributed by atoms with van der Waals surface area (Å²) in [4.78, 5) is 5.82. The van der Waals surface area contributed by atoms with E-state index in [1.54, 1.807) is 0 Å². The van der Waals surface area contributed by atoms with Gasteiger partial charge in [-0.25, -0.2) is 4.98 Å². The molecule has 1 aromatic rings. The number of nitrogens with zero attached hydrogens (tertiary/aromatic N) is 2. The minimum Gasteiger partial charge on any atom is -0.326 e. The zero-order valence-electron chi connectivity index (χ0n) is 9.33. The van der Waals surface area contributed by atoms with Crippen molar-refractivity contribution in [3.8, 4) is 0 Å². The van der Waals surface area contributed by atoms with E-state index in [2.05, 4.69) is 23.7 Å². The van der Waals surface area contributed by atoms with E-state index in [-0.39, 0.29) is 6.54 Å². The first-order chi connectivity index (χ1) is 7.22. The lowest BCUT2D eigenvalue weighted by Crippen LogP contribution is -2.23. The lowest BCUT2D eigenvalue weighted by atomic mass is 10.1. The van der Waals surface area contributed by atoms with E-state index in [9.17, 15) is 4.39 Å². The van der Waals surface area contributed by atoms with E-state index in [1.807, 2.05) is 6.07 Å². The Balaban J connectivity index is 2.88. The Bertz CT molecular complexity index is 311. The highest BCUT2D eigenvalue weighted by Crippen LogP contribution is 2.12. The van der Waals surface area contributed by atoms with Crippen LogP contribution < -0.4 is 5.73 Å². The summed E-state index contributed by atoms with van der Waals surface area (Å²) in [7, 11) is 0. The fraction of sp³-hybridized carbons (Fsp3) is 0.545. The summed E-state index contributed by atoms with van der Waals surface area (Å²) in [6, 6.07) is 1.84. The molecule has 2 N–H and O–H groups in total. The molecule has 0 bridgehead atoms. The number of pyridine rings is 1. The first-order valence-electron chi connectivity index (χ1n) is 5.27. The molecule has 0 spiro atoms. The number of hydrogen-bond donors (Lipinski definition) is 1. The minimum atomic E-state index is -0.442. The largest absolute Gasteiger partial charge is 0.326 e. The van der Waals surface area contributed by atoms with Gasteiger partial charge >= 0.3 is 0 Å². The van der Waals surface area contributed by atoms with Gasteiger partial charge in [0.1, 0.15) is 0 Å².